The summed E-state index contributed by atoms with van der Waals surface area (Å²) >= 11 is 0. The highest BCUT2D eigenvalue weighted by molar-refractivity contribution is 5.94. The molecule has 0 spiro atoms. The van der Waals surface area contributed by atoms with E-state index in [1.807, 2.05) is 47.4 Å². The number of likely N-dealkylation sites (tertiary alicyclic amines) is 1. The molecule has 1 fully saturated rings. The maximum atomic E-state index is 13.0. The maximum Gasteiger partial charge on any atom is 0.255 e. The van der Waals surface area contributed by atoms with E-state index in [0.29, 0.717) is 11.5 Å². The number of nitrogens with zero attached hydrogens (tertiary/aromatic N) is 2. The predicted octanol–water partition coefficient (Wildman–Crippen LogP) is 4.65. The van der Waals surface area contributed by atoms with Crippen LogP contribution in [0.25, 0.3) is 11.3 Å². The molecule has 1 saturated heterocycles. The lowest BCUT2D eigenvalue weighted by Crippen LogP contribution is -2.32. The highest BCUT2D eigenvalue weighted by atomic mass is 16.3. The molecule has 1 aliphatic heterocycles. The standard InChI is InChI=1S/C25H26N2O2/c28-18-19-8-10-22(11-9-19)24-13-12-23(17-26-24)25(29)27-15-4-7-21(14-16-27)20-5-2-1-3-6-20/h1-3,5-6,8-13,17,21,28H,4,7,14-16,18H2/t21-/m1/s1. The molecule has 0 radical (unpaired) electrons. The summed E-state index contributed by atoms with van der Waals surface area (Å²) in [6.45, 7) is 1.61. The molecule has 2 heterocycles. The molecule has 148 valence electrons. The molecule has 4 rings (SSSR count). The van der Waals surface area contributed by atoms with Gasteiger partial charge in [-0.3, -0.25) is 9.78 Å². The molecule has 0 aliphatic carbocycles. The summed E-state index contributed by atoms with van der Waals surface area (Å²) < 4.78 is 0. The fourth-order valence-electron chi connectivity index (χ4n) is 4.01. The third-order valence-corrected chi connectivity index (χ3v) is 5.73. The zero-order valence-electron chi connectivity index (χ0n) is 16.5. The number of hydrogen-bond donors (Lipinski definition) is 1. The van der Waals surface area contributed by atoms with E-state index in [9.17, 15) is 4.79 Å². The van der Waals surface area contributed by atoms with Gasteiger partial charge in [0, 0.05) is 24.8 Å². The molecule has 4 heteroatoms. The molecule has 0 bridgehead atoms. The number of rotatable bonds is 4. The predicted molar refractivity (Wildman–Crippen MR) is 115 cm³/mol. The van der Waals surface area contributed by atoms with Crippen molar-refractivity contribution in [2.45, 2.75) is 31.8 Å². The van der Waals surface area contributed by atoms with E-state index >= 15 is 0 Å². The summed E-state index contributed by atoms with van der Waals surface area (Å²) in [6, 6.07) is 22.0. The fraction of sp³-hybridized carbons (Fsp3) is 0.280. The lowest BCUT2D eigenvalue weighted by Gasteiger charge is -2.21. The van der Waals surface area contributed by atoms with Gasteiger partial charge in [0.25, 0.3) is 5.91 Å². The van der Waals surface area contributed by atoms with Crippen molar-refractivity contribution in [3.8, 4) is 11.3 Å². The summed E-state index contributed by atoms with van der Waals surface area (Å²) in [4.78, 5) is 19.4. The molecule has 0 saturated carbocycles. The smallest absolute Gasteiger partial charge is 0.255 e. The van der Waals surface area contributed by atoms with Crippen LogP contribution >= 0.6 is 0 Å². The second-order valence-electron chi connectivity index (χ2n) is 7.62. The molecule has 29 heavy (non-hydrogen) atoms. The number of aromatic nitrogens is 1. The summed E-state index contributed by atoms with van der Waals surface area (Å²) in [5, 5.41) is 9.16. The van der Waals surface area contributed by atoms with Crippen LogP contribution in [0, 0.1) is 0 Å². The van der Waals surface area contributed by atoms with Gasteiger partial charge in [-0.05, 0) is 48.4 Å². The highest BCUT2D eigenvalue weighted by Crippen LogP contribution is 2.28. The van der Waals surface area contributed by atoms with Gasteiger partial charge in [-0.15, -0.1) is 0 Å². The Morgan fingerprint density at radius 1 is 0.966 bits per heavy atom. The minimum absolute atomic E-state index is 0.0299. The van der Waals surface area contributed by atoms with Gasteiger partial charge in [0.1, 0.15) is 0 Å². The highest BCUT2D eigenvalue weighted by Gasteiger charge is 2.22. The molecular formula is C25H26N2O2. The van der Waals surface area contributed by atoms with Crippen molar-refractivity contribution < 1.29 is 9.90 Å². The van der Waals surface area contributed by atoms with Gasteiger partial charge in [-0.2, -0.15) is 0 Å². The van der Waals surface area contributed by atoms with Crippen molar-refractivity contribution in [1.29, 1.82) is 0 Å². The van der Waals surface area contributed by atoms with Crippen LogP contribution in [-0.2, 0) is 6.61 Å². The van der Waals surface area contributed by atoms with E-state index in [1.165, 1.54) is 5.56 Å². The summed E-state index contributed by atoms with van der Waals surface area (Å²) in [7, 11) is 0. The normalized spacial score (nSPS) is 17.0. The number of amides is 1. The Bertz CT molecular complexity index is 937. The van der Waals surface area contributed by atoms with Crippen LogP contribution in [0.1, 0.15) is 46.7 Å². The van der Waals surface area contributed by atoms with E-state index < -0.39 is 0 Å². The first kappa shape index (κ1) is 19.3. The number of carbonyl (C=O) groups is 1. The van der Waals surface area contributed by atoms with Gasteiger partial charge in [0.05, 0.1) is 17.9 Å². The van der Waals surface area contributed by atoms with Crippen molar-refractivity contribution in [3.05, 3.63) is 89.6 Å². The molecule has 2 aromatic carbocycles. The monoisotopic (exact) mass is 386 g/mol. The van der Waals surface area contributed by atoms with Crippen molar-refractivity contribution >= 4 is 5.91 Å². The number of carbonyl (C=O) groups excluding carboxylic acids is 1. The summed E-state index contributed by atoms with van der Waals surface area (Å²) in [5.41, 5.74) is 4.68. The average Bonchev–Trinajstić information content (AvgIpc) is 3.06. The van der Waals surface area contributed by atoms with Crippen LogP contribution in [-0.4, -0.2) is 34.0 Å². The number of aliphatic hydroxyl groups excluding tert-OH is 1. The first-order valence-electron chi connectivity index (χ1n) is 10.2. The number of benzene rings is 2. The van der Waals surface area contributed by atoms with Crippen molar-refractivity contribution in [2.75, 3.05) is 13.1 Å². The number of aliphatic hydroxyl groups is 1. The average molecular weight is 386 g/mol. The van der Waals surface area contributed by atoms with E-state index in [1.54, 1.807) is 6.20 Å². The quantitative estimate of drug-likeness (QED) is 0.710. The zero-order chi connectivity index (χ0) is 20.1. The van der Waals surface area contributed by atoms with Gasteiger partial charge >= 0.3 is 0 Å². The van der Waals surface area contributed by atoms with Gasteiger partial charge in [0.2, 0.25) is 0 Å². The SMILES string of the molecule is O=C(c1ccc(-c2ccc(CO)cc2)nc1)N1CCC[C@@H](c2ccccc2)CC1. The van der Waals surface area contributed by atoms with Crippen molar-refractivity contribution in [1.82, 2.24) is 9.88 Å². The zero-order valence-corrected chi connectivity index (χ0v) is 16.5. The van der Waals surface area contributed by atoms with Crippen LogP contribution in [0.4, 0.5) is 0 Å². The third-order valence-electron chi connectivity index (χ3n) is 5.73. The van der Waals surface area contributed by atoms with Gasteiger partial charge in [-0.25, -0.2) is 0 Å². The molecule has 0 unspecified atom stereocenters. The lowest BCUT2D eigenvalue weighted by molar-refractivity contribution is 0.0760. The molecule has 1 amide bonds. The third kappa shape index (κ3) is 4.54. The molecule has 1 aromatic heterocycles. The minimum Gasteiger partial charge on any atom is -0.392 e. The Labute approximate surface area is 171 Å². The Kier molecular flexibility index (Phi) is 6.01. The second kappa shape index (κ2) is 9.01. The topological polar surface area (TPSA) is 53.4 Å². The van der Waals surface area contributed by atoms with Crippen LogP contribution in [0.2, 0.25) is 0 Å². The van der Waals surface area contributed by atoms with E-state index in [0.717, 1.165) is 49.2 Å². The van der Waals surface area contributed by atoms with Gasteiger partial charge in [0.15, 0.2) is 0 Å². The first-order valence-corrected chi connectivity index (χ1v) is 10.2. The van der Waals surface area contributed by atoms with E-state index in [4.69, 9.17) is 5.11 Å². The Morgan fingerprint density at radius 2 is 1.76 bits per heavy atom. The van der Waals surface area contributed by atoms with Gasteiger partial charge < -0.3 is 10.0 Å². The number of pyridine rings is 1. The molecule has 4 nitrogen and oxygen atoms in total. The fourth-order valence-corrected chi connectivity index (χ4v) is 4.01. The molecule has 1 atom stereocenters. The first-order chi connectivity index (χ1) is 14.2. The maximum absolute atomic E-state index is 13.0. The van der Waals surface area contributed by atoms with Crippen LogP contribution in [0.5, 0.6) is 0 Å². The summed E-state index contributed by atoms with van der Waals surface area (Å²) in [5.74, 6) is 0.588. The summed E-state index contributed by atoms with van der Waals surface area (Å²) in [6.07, 6.45) is 4.82. The largest absolute Gasteiger partial charge is 0.392 e. The van der Waals surface area contributed by atoms with Crippen molar-refractivity contribution in [3.63, 3.8) is 0 Å². The van der Waals surface area contributed by atoms with Crippen LogP contribution in [0.15, 0.2) is 72.9 Å². The molecule has 1 aliphatic rings. The van der Waals surface area contributed by atoms with Crippen molar-refractivity contribution in [2.24, 2.45) is 0 Å². The van der Waals surface area contributed by atoms with Gasteiger partial charge in [-0.1, -0.05) is 54.6 Å². The molecular weight excluding hydrogens is 360 g/mol. The molecule has 1 N–H and O–H groups in total. The Balaban J connectivity index is 1.42. The van der Waals surface area contributed by atoms with E-state index in [-0.39, 0.29) is 12.5 Å². The lowest BCUT2D eigenvalue weighted by atomic mass is 9.92. The van der Waals surface area contributed by atoms with E-state index in [2.05, 4.69) is 29.2 Å². The molecule has 3 aromatic rings. The Morgan fingerprint density at radius 3 is 2.45 bits per heavy atom. The van der Waals surface area contributed by atoms with Crippen LogP contribution in [0.3, 0.4) is 0 Å². The number of hydrogen-bond acceptors (Lipinski definition) is 3. The van der Waals surface area contributed by atoms with Crippen LogP contribution < -0.4 is 0 Å². The Hall–Kier alpha value is -2.98. The second-order valence-corrected chi connectivity index (χ2v) is 7.62. The minimum atomic E-state index is 0.0299.